The average molecular weight is 1890 g/mol. The predicted molar refractivity (Wildman–Crippen MR) is 584 cm³/mol. The molecule has 2 aliphatic carbocycles. The molecule has 141 heavy (non-hydrogen) atoms. The molecular weight excluding hydrogens is 1730 g/mol. The lowest BCUT2D eigenvalue weighted by molar-refractivity contribution is -0.659. The highest BCUT2D eigenvalue weighted by Crippen LogP contribution is 2.44. The van der Waals surface area contributed by atoms with Gasteiger partial charge in [-0.05, 0) is 395 Å². The molecule has 20 rings (SSSR count). The number of fused-ring (bicyclic) bond motifs is 6. The van der Waals surface area contributed by atoms with Gasteiger partial charge in [-0.25, -0.2) is 31.3 Å². The van der Waals surface area contributed by atoms with Crippen LogP contribution in [0.15, 0.2) is 225 Å². The molecule has 0 spiro atoms. The molecule has 2 fully saturated rings. The molecule has 12 aromatic carbocycles. The van der Waals surface area contributed by atoms with Crippen molar-refractivity contribution in [2.45, 2.75) is 235 Å². The molecule has 2 aliphatic rings. The van der Waals surface area contributed by atoms with Crippen molar-refractivity contribution in [1.82, 2.24) is 0 Å². The van der Waals surface area contributed by atoms with E-state index in [1.807, 2.05) is 164 Å². The van der Waals surface area contributed by atoms with Crippen molar-refractivity contribution in [3.63, 3.8) is 0 Å². The van der Waals surface area contributed by atoms with E-state index in [9.17, 15) is 8.78 Å². The smallest absolute Gasteiger partial charge is 0.206 e. The first kappa shape index (κ1) is 94.1. The summed E-state index contributed by atoms with van der Waals surface area (Å²) in [6, 6.07) is 71.7. The Morgan fingerprint density at radius 3 is 1.18 bits per heavy atom. The largest absolute Gasteiger partial charge is 0.223 e. The average Bonchev–Trinajstić information content (AvgIpc) is 1.38. The number of aromatic nitrogens is 6. The Morgan fingerprint density at radius 1 is 0.277 bits per heavy atom. The molecule has 0 saturated heterocycles. The Labute approximate surface area is 845 Å². The molecule has 0 N–H and O–H groups in total. The maximum atomic E-state index is 15.2. The van der Waals surface area contributed by atoms with E-state index in [-0.39, 0.29) is 23.3 Å². The minimum atomic E-state index is -2.16. The third-order valence-electron chi connectivity index (χ3n) is 30.7. The molecule has 6 heterocycles. The van der Waals surface area contributed by atoms with Gasteiger partial charge in [0.1, 0.15) is 65.6 Å². The second kappa shape index (κ2) is 42.3. The van der Waals surface area contributed by atoms with Crippen LogP contribution in [0.3, 0.4) is 0 Å². The summed E-state index contributed by atoms with van der Waals surface area (Å²) >= 11 is 0. The number of benzene rings is 12. The molecule has 0 radical (unpaired) electrons. The molecule has 0 aliphatic heterocycles. The summed E-state index contributed by atoms with van der Waals surface area (Å²) in [6.45, 7) is 39.7. The highest BCUT2D eigenvalue weighted by atomic mass is 19.1. The number of hydrogen-bond donors (Lipinski definition) is 0. The van der Waals surface area contributed by atoms with Crippen LogP contribution in [-0.2, 0) is 42.3 Å². The van der Waals surface area contributed by atoms with Crippen molar-refractivity contribution < 1.29 is 53.2 Å². The maximum Gasteiger partial charge on any atom is 0.223 e. The first-order valence-electron chi connectivity index (χ1n) is 53.2. The zero-order valence-corrected chi connectivity index (χ0v) is 88.4. The fourth-order valence-electron chi connectivity index (χ4n) is 22.1. The monoisotopic (exact) mass is 1890 g/mol. The highest BCUT2D eigenvalue weighted by molar-refractivity contribution is 5.98. The van der Waals surface area contributed by atoms with Crippen LogP contribution in [-0.4, -0.2) is 0 Å². The van der Waals surface area contributed by atoms with E-state index in [1.54, 1.807) is 26.0 Å². The van der Waals surface area contributed by atoms with Crippen LogP contribution in [0.4, 0.5) is 17.6 Å². The molecule has 0 atom stereocenters. The molecule has 6 nitrogen and oxygen atoms in total. The minimum Gasteiger partial charge on any atom is -0.206 e. The predicted octanol–water partition coefficient (Wildman–Crippen LogP) is 31.8. The van der Waals surface area contributed by atoms with Crippen molar-refractivity contribution >= 4 is 65.0 Å². The summed E-state index contributed by atoms with van der Waals surface area (Å²) in [4.78, 5) is 0. The normalized spacial score (nSPS) is 13.5. The van der Waals surface area contributed by atoms with Crippen LogP contribution in [0.25, 0.3) is 133 Å². The summed E-state index contributed by atoms with van der Waals surface area (Å²) in [7, 11) is 12.3. The second-order valence-corrected chi connectivity index (χ2v) is 41.1. The van der Waals surface area contributed by atoms with Gasteiger partial charge >= 0.3 is 0 Å². The van der Waals surface area contributed by atoms with Crippen LogP contribution in [0.2, 0.25) is 0 Å². The van der Waals surface area contributed by atoms with E-state index in [0.717, 1.165) is 133 Å². The summed E-state index contributed by atoms with van der Waals surface area (Å²) in [5, 5.41) is 10.5. The summed E-state index contributed by atoms with van der Waals surface area (Å²) in [5.74, 6) is 1.29. The number of halogens is 4. The van der Waals surface area contributed by atoms with Crippen molar-refractivity contribution in [3.8, 4) is 67.5 Å². The Kier molecular flexibility index (Phi) is 28.2. The van der Waals surface area contributed by atoms with E-state index < -0.39 is 13.7 Å². The lowest BCUT2D eigenvalue weighted by Crippen LogP contribution is -2.32. The second-order valence-electron chi connectivity index (χ2n) is 41.1. The van der Waals surface area contributed by atoms with E-state index in [0.29, 0.717) is 56.7 Å². The van der Waals surface area contributed by atoms with Gasteiger partial charge in [-0.1, -0.05) is 147 Å². The van der Waals surface area contributed by atoms with Gasteiger partial charge in [-0.3, -0.25) is 0 Å². The molecule has 0 unspecified atom stereocenters. The van der Waals surface area contributed by atoms with Gasteiger partial charge in [0.15, 0.2) is 18.6 Å². The van der Waals surface area contributed by atoms with Crippen LogP contribution >= 0.6 is 0 Å². The van der Waals surface area contributed by atoms with Crippen LogP contribution in [0.1, 0.15) is 230 Å². The Balaban J connectivity index is 0.000000132. The molecule has 6 aromatic heterocycles. The number of aryl methyl sites for hydroxylation is 21. The van der Waals surface area contributed by atoms with E-state index in [4.69, 9.17) is 8.22 Å². The van der Waals surface area contributed by atoms with E-state index in [2.05, 4.69) is 257 Å². The van der Waals surface area contributed by atoms with Gasteiger partial charge < -0.3 is 0 Å². The fraction of sp³-hybridized carbons (Fsp3) is 0.313. The van der Waals surface area contributed by atoms with Crippen LogP contribution < -0.4 is 27.4 Å². The van der Waals surface area contributed by atoms with Crippen molar-refractivity contribution in [3.05, 3.63) is 387 Å². The van der Waals surface area contributed by atoms with Gasteiger partial charge in [0.25, 0.3) is 0 Å². The Hall–Kier alpha value is -13.2. The van der Waals surface area contributed by atoms with Gasteiger partial charge in [0.05, 0.1) is 38.2 Å². The quantitative estimate of drug-likeness (QED) is 0.102. The Morgan fingerprint density at radius 2 is 0.667 bits per heavy atom. The molecule has 10 heteroatoms. The Bertz CT molecular complexity index is 8180. The number of hydrogen-bond acceptors (Lipinski definition) is 0. The standard InChI is InChI=1S/2C24H27FN.C22H25FN.C21H23FN.C21H24N.C19H20N/c1-15-13-21(16(2)17(3)23(15)25)24-22-14-20(18-7-5-6-8-18)10-9-19(22)11-12-26(24)4;1-15-13-16(2)23(25)22(17(15)3)24-21-14-20(18-7-5-6-8-18)10-9-19(21)11-12-26(24)4;1-13(2)19-12-24(6)22(18-10-8-7-9-17(18)19)20-16(5)14(3)11-15(4)21(20)23;1-12-9-13(2)15(4)18(10-12)19-8-7-17-16(5)21(22)14(3)11-20(17)23(19)6;1-13-9-15(3)17(5)19(11-13)20-8-7-18-16(4)10-14(2)12-21(18)22(20)6;1-13-11-14(2)15(3)17(12-13)19-10-9-16-7-5-6-8-18(16)20(19)4/h2*9-14,18H,5-8H2,1-4H3;7-13H,1-6H3;7-11H,1-6H3;7-12H,1-6H3;5-12H,1-4H3/q6*+1/i;;;2D3;3D3;. The molecule has 0 amide bonds. The van der Waals surface area contributed by atoms with Crippen LogP contribution in [0.5, 0.6) is 0 Å². The van der Waals surface area contributed by atoms with Crippen LogP contribution in [0, 0.1) is 175 Å². The van der Waals surface area contributed by atoms with E-state index in [1.165, 1.54) is 151 Å². The summed E-state index contributed by atoms with van der Waals surface area (Å²) in [5.41, 5.74) is 39.9. The zero-order chi connectivity index (χ0) is 107. The number of para-hydroxylation sites is 1. The van der Waals surface area contributed by atoms with Gasteiger partial charge in [-0.2, -0.15) is 13.7 Å². The number of rotatable bonds is 9. The van der Waals surface area contributed by atoms with Gasteiger partial charge in [0.2, 0.25) is 50.7 Å². The maximum absolute atomic E-state index is 15.2. The lowest BCUT2D eigenvalue weighted by atomic mass is 9.91. The molecule has 722 valence electrons. The summed E-state index contributed by atoms with van der Waals surface area (Å²) in [6.07, 6.45) is 16.8. The third kappa shape index (κ3) is 20.6. The highest BCUT2D eigenvalue weighted by Gasteiger charge is 2.32. The third-order valence-corrected chi connectivity index (χ3v) is 30.7. The minimum absolute atomic E-state index is 0.0826. The van der Waals surface area contributed by atoms with E-state index >= 15 is 8.78 Å². The number of nitrogens with zero attached hydrogens (tertiary/aromatic N) is 6. The van der Waals surface area contributed by atoms with Crippen molar-refractivity contribution in [1.29, 1.82) is 0 Å². The topological polar surface area (TPSA) is 23.3 Å². The SMILES string of the molecule is Cc1cc(-c2c3cc(C4CCCC4)ccc3cc[n+]2C)c(C)c(C)c1F.Cc1cc(C)c(C)c(-c2ccc3ccccc3[n+]2C)c1.Cc1cc(C)c(F)c(-c2c3cc(C4CCCC4)ccc3cc[n+]2C)c1C.Cc1cc(C)c(F)c(-c2c3ccccc3c(C(C)C)c[n+]2C)c1C.[2H]C([2H])([2H])c1cc(C)cc(-c2ccc3c(C)c(F)c(C)cc3[n+]2C)c1C.[2H]C([2H])([2H])c1cc(C)cc(-c2ccc3c(C)cc(C)cc3[n+]2C)c1C. The summed E-state index contributed by atoms with van der Waals surface area (Å²) < 4.78 is 119. The first-order chi connectivity index (χ1) is 69.4. The molecular formula is C131H146F4N6+6. The van der Waals surface area contributed by atoms with Gasteiger partial charge in [0, 0.05) is 89.8 Å². The van der Waals surface area contributed by atoms with Crippen molar-refractivity contribution in [2.75, 3.05) is 0 Å². The fourth-order valence-corrected chi connectivity index (χ4v) is 22.1. The van der Waals surface area contributed by atoms with Crippen molar-refractivity contribution in [2.24, 2.45) is 42.3 Å². The zero-order valence-electron chi connectivity index (χ0n) is 94.4. The molecule has 18 aromatic rings. The number of pyridine rings is 6. The van der Waals surface area contributed by atoms with Gasteiger partial charge in [-0.15, -0.1) is 0 Å². The lowest BCUT2D eigenvalue weighted by Gasteiger charge is -2.15. The molecule has 2 saturated carbocycles. The first-order valence-corrected chi connectivity index (χ1v) is 50.2. The molecule has 0 bridgehead atoms.